The molecule has 3 amide bonds. The second-order valence-corrected chi connectivity index (χ2v) is 20.8. The Morgan fingerprint density at radius 3 is 1.26 bits per heavy atom. The van der Waals surface area contributed by atoms with E-state index >= 15 is 0 Å². The van der Waals surface area contributed by atoms with Crippen molar-refractivity contribution in [2.45, 2.75) is 99.1 Å². The van der Waals surface area contributed by atoms with Gasteiger partial charge in [0.2, 0.25) is 17.7 Å². The highest BCUT2D eigenvalue weighted by Crippen LogP contribution is 2.18. The fourth-order valence-electron chi connectivity index (χ4n) is 10.3. The molecule has 0 radical (unpaired) electrons. The zero-order chi connectivity index (χ0) is 58.5. The summed E-state index contributed by atoms with van der Waals surface area (Å²) in [7, 11) is 0. The monoisotopic (exact) mass is 1160 g/mol. The van der Waals surface area contributed by atoms with E-state index in [1.54, 1.807) is 62.6 Å². The van der Waals surface area contributed by atoms with E-state index in [4.69, 9.17) is 11.6 Å². The first-order valence-electron chi connectivity index (χ1n) is 27.9. The molecule has 0 unspecified atom stereocenters. The molecule has 18 nitrogen and oxygen atoms in total. The Bertz CT molecular complexity index is 4520. The number of hydrogen-bond donors (Lipinski definition) is 3. The van der Waals surface area contributed by atoms with Crippen LogP contribution in [0.5, 0.6) is 0 Å². The van der Waals surface area contributed by atoms with Gasteiger partial charge < -0.3 is 29.2 Å². The molecule has 0 saturated heterocycles. The van der Waals surface area contributed by atoms with Crippen molar-refractivity contribution in [1.82, 2.24) is 57.8 Å². The standard InChI is InChI=1S/2C22H22N4O2.C21H19ClN4O2.CH4/c1-16-6-2-7-17(14-16)15-24-20(27)10-5-13-26-21-18(8-3-11-23-21)25-12-4-9-19(25)22(26)28;1-16-7-2-3-8-17(16)15-24-20(27)11-6-14-26-21-18(9-4-12-23-21)25-13-5-10-19(25)22(26)28;22-16-9-7-15(8-10-16)14-24-19(27)6-3-13-26-20-17(4-1-11-23-20)25-12-2-5-18(25)21(26)28;/h2-4,6-9,11-12,14H,5,10,13,15H2,1H3,(H,24,27);2-5,7-10,12-13H,6,11,14-15H2,1H3,(H,24,27);1-2,4-5,7-12H,3,6,13-14H2,(H,24,27);1H4. The summed E-state index contributed by atoms with van der Waals surface area (Å²) in [6.07, 6.45) is 13.4. The van der Waals surface area contributed by atoms with Crippen LogP contribution in [-0.2, 0) is 53.7 Å². The number of aromatic nitrogens is 9. The minimum atomic E-state index is -0.0993. The average Bonchev–Trinajstić information content (AvgIpc) is 3.98. The molecule has 0 aliphatic carbocycles. The highest BCUT2D eigenvalue weighted by Gasteiger charge is 2.16. The van der Waals surface area contributed by atoms with Crippen molar-refractivity contribution in [3.05, 3.63) is 247 Å². The summed E-state index contributed by atoms with van der Waals surface area (Å²) in [6, 6.07) is 45.8. The molecule has 85 heavy (non-hydrogen) atoms. The third kappa shape index (κ3) is 14.1. The lowest BCUT2D eigenvalue weighted by Gasteiger charge is -2.12. The third-order valence-electron chi connectivity index (χ3n) is 14.6. The van der Waals surface area contributed by atoms with Crippen molar-refractivity contribution < 1.29 is 14.4 Å². The van der Waals surface area contributed by atoms with Gasteiger partial charge in [-0.1, -0.05) is 85.3 Å². The molecule has 0 bridgehead atoms. The van der Waals surface area contributed by atoms with Gasteiger partial charge >= 0.3 is 0 Å². The number of amides is 3. The van der Waals surface area contributed by atoms with Crippen molar-refractivity contribution in [2.24, 2.45) is 0 Å². The maximum Gasteiger partial charge on any atom is 0.276 e. The van der Waals surface area contributed by atoms with Gasteiger partial charge in [-0.15, -0.1) is 0 Å². The number of benzene rings is 3. The van der Waals surface area contributed by atoms with Crippen molar-refractivity contribution in [3.8, 4) is 0 Å². The number of nitrogens with zero attached hydrogens (tertiary/aromatic N) is 9. The number of aryl methyl sites for hydroxylation is 5. The zero-order valence-electron chi connectivity index (χ0n) is 46.7. The number of carbonyl (C=O) groups is 3. The van der Waals surface area contributed by atoms with E-state index in [9.17, 15) is 28.8 Å². The van der Waals surface area contributed by atoms with Crippen LogP contribution in [0.1, 0.15) is 73.8 Å². The molecule has 9 aromatic heterocycles. The lowest BCUT2D eigenvalue weighted by Crippen LogP contribution is -2.26. The average molecular weight is 1160 g/mol. The largest absolute Gasteiger partial charge is 0.352 e. The van der Waals surface area contributed by atoms with Gasteiger partial charge in [0.05, 0.1) is 16.6 Å². The van der Waals surface area contributed by atoms with Crippen molar-refractivity contribution >= 4 is 79.4 Å². The molecule has 12 rings (SSSR count). The molecule has 0 saturated carbocycles. The molecule has 3 aromatic carbocycles. The Hall–Kier alpha value is -9.94. The number of hydrogen-bond acceptors (Lipinski definition) is 9. The van der Waals surface area contributed by atoms with Crippen LogP contribution in [0.2, 0.25) is 5.02 Å². The van der Waals surface area contributed by atoms with Crippen molar-refractivity contribution in [3.63, 3.8) is 0 Å². The molecule has 0 atom stereocenters. The van der Waals surface area contributed by atoms with Gasteiger partial charge in [0, 0.05) is 101 Å². The van der Waals surface area contributed by atoms with Crippen LogP contribution in [0.4, 0.5) is 0 Å². The first-order chi connectivity index (χ1) is 40.9. The number of nitrogens with one attached hydrogen (secondary N) is 3. The smallest absolute Gasteiger partial charge is 0.276 e. The zero-order valence-corrected chi connectivity index (χ0v) is 47.4. The van der Waals surface area contributed by atoms with Gasteiger partial charge in [0.15, 0.2) is 16.9 Å². The summed E-state index contributed by atoms with van der Waals surface area (Å²) in [4.78, 5) is 88.2. The first kappa shape index (κ1) is 59.7. The minimum Gasteiger partial charge on any atom is -0.352 e. The van der Waals surface area contributed by atoms with E-state index in [0.29, 0.717) is 116 Å². The molecular weight excluding hydrogens is 1090 g/mol. The summed E-state index contributed by atoms with van der Waals surface area (Å²) < 4.78 is 10.5. The Balaban J connectivity index is 0.000000152. The number of pyridine rings is 3. The molecule has 434 valence electrons. The topological polar surface area (TPSA) is 205 Å². The summed E-state index contributed by atoms with van der Waals surface area (Å²) in [5.74, 6) is -0.0862. The summed E-state index contributed by atoms with van der Waals surface area (Å²) in [5, 5.41) is 9.46. The Kier molecular flexibility index (Phi) is 19.6. The van der Waals surface area contributed by atoms with Crippen LogP contribution in [0.3, 0.4) is 0 Å². The Morgan fingerprint density at radius 1 is 0.435 bits per heavy atom. The van der Waals surface area contributed by atoms with E-state index in [-0.39, 0.29) is 41.8 Å². The van der Waals surface area contributed by atoms with Gasteiger partial charge in [0.1, 0.15) is 16.6 Å². The molecule has 0 fully saturated rings. The normalized spacial score (nSPS) is 11.0. The maximum atomic E-state index is 12.8. The number of fused-ring (bicyclic) bond motifs is 9. The lowest BCUT2D eigenvalue weighted by atomic mass is 10.1. The van der Waals surface area contributed by atoms with Gasteiger partial charge in [0.25, 0.3) is 16.7 Å². The first-order valence-corrected chi connectivity index (χ1v) is 28.3. The fraction of sp³-hybridized carbons (Fsp3) is 0.227. The van der Waals surface area contributed by atoms with E-state index in [1.165, 1.54) is 5.56 Å². The lowest BCUT2D eigenvalue weighted by molar-refractivity contribution is -0.122. The van der Waals surface area contributed by atoms with Gasteiger partial charge in [-0.2, -0.15) is 0 Å². The van der Waals surface area contributed by atoms with Crippen LogP contribution < -0.4 is 32.6 Å². The quantitative estimate of drug-likeness (QED) is 0.0747. The van der Waals surface area contributed by atoms with E-state index in [0.717, 1.165) is 38.8 Å². The SMILES string of the molecule is C.Cc1cccc(CNC(=O)CCCn2c(=O)c3cccn3c3cccnc32)c1.Cc1ccccc1CNC(=O)CCCn1c(=O)c2cccn2c2cccnc21.O=C(CCCn1c(=O)c2cccn2c2cccnc21)NCc1ccc(Cl)cc1. The number of rotatable bonds is 18. The predicted molar refractivity (Wildman–Crippen MR) is 335 cm³/mol. The summed E-state index contributed by atoms with van der Waals surface area (Å²) in [5.41, 5.74) is 11.6. The van der Waals surface area contributed by atoms with Crippen LogP contribution in [0.25, 0.3) is 50.0 Å². The summed E-state index contributed by atoms with van der Waals surface area (Å²) in [6.45, 7) is 6.89. The van der Waals surface area contributed by atoms with Crippen molar-refractivity contribution in [1.29, 1.82) is 0 Å². The number of halogens is 1. The molecule has 19 heteroatoms. The molecule has 0 aliphatic heterocycles. The Morgan fingerprint density at radius 2 is 0.835 bits per heavy atom. The van der Waals surface area contributed by atoms with E-state index in [2.05, 4.69) is 37.0 Å². The second-order valence-electron chi connectivity index (χ2n) is 20.4. The summed E-state index contributed by atoms with van der Waals surface area (Å²) >= 11 is 5.86. The van der Waals surface area contributed by atoms with Gasteiger partial charge in [-0.3, -0.25) is 42.5 Å². The molecule has 9 heterocycles. The minimum absolute atomic E-state index is 0. The van der Waals surface area contributed by atoms with E-state index < -0.39 is 0 Å². The molecular formula is C66H67ClN12O6. The molecule has 3 N–H and O–H groups in total. The highest BCUT2D eigenvalue weighted by molar-refractivity contribution is 6.30. The van der Waals surface area contributed by atoms with Crippen LogP contribution in [0.15, 0.2) is 197 Å². The third-order valence-corrected chi connectivity index (χ3v) is 14.8. The van der Waals surface area contributed by atoms with Gasteiger partial charge in [-0.25, -0.2) is 15.0 Å². The van der Waals surface area contributed by atoms with Crippen LogP contribution in [0, 0.1) is 13.8 Å². The predicted octanol–water partition coefficient (Wildman–Crippen LogP) is 10.1. The number of carbonyl (C=O) groups excluding carboxylic acids is 3. The fourth-order valence-corrected chi connectivity index (χ4v) is 10.4. The van der Waals surface area contributed by atoms with Crippen LogP contribution in [-0.4, -0.2) is 59.6 Å². The van der Waals surface area contributed by atoms with E-state index in [1.807, 2.05) is 155 Å². The maximum absolute atomic E-state index is 12.8. The van der Waals surface area contributed by atoms with Crippen molar-refractivity contribution in [2.75, 3.05) is 0 Å². The molecule has 0 aliphatic rings. The second kappa shape index (κ2) is 27.9. The Labute approximate surface area is 495 Å². The molecule has 0 spiro atoms. The van der Waals surface area contributed by atoms with Gasteiger partial charge in [-0.05, 0) is 140 Å². The highest BCUT2D eigenvalue weighted by atomic mass is 35.5. The molecule has 12 aromatic rings. The van der Waals surface area contributed by atoms with Crippen LogP contribution >= 0.6 is 11.6 Å².